The molecule has 0 atom stereocenters. The molecule has 2 heterocycles. The van der Waals surface area contributed by atoms with Crippen LogP contribution < -0.4 is 10.3 Å². The molecule has 1 aromatic heterocycles. The van der Waals surface area contributed by atoms with E-state index in [1.54, 1.807) is 24.3 Å². The van der Waals surface area contributed by atoms with Crippen molar-refractivity contribution in [3.05, 3.63) is 71.0 Å². The van der Waals surface area contributed by atoms with Crippen LogP contribution in [0.2, 0.25) is 0 Å². The van der Waals surface area contributed by atoms with Crippen LogP contribution in [0.5, 0.6) is 0 Å². The number of aromatic nitrogens is 2. The molecule has 32 heavy (non-hydrogen) atoms. The molecule has 3 aromatic rings. The molecule has 11 heteroatoms. The first-order valence-electron chi connectivity index (χ1n) is 10.0. The van der Waals surface area contributed by atoms with Crippen LogP contribution in [0.4, 0.5) is 5.69 Å². The van der Waals surface area contributed by atoms with Gasteiger partial charge in [0.15, 0.2) is 0 Å². The van der Waals surface area contributed by atoms with Crippen LogP contribution in [-0.2, 0) is 20.0 Å². The van der Waals surface area contributed by atoms with Gasteiger partial charge in [0, 0.05) is 30.4 Å². The van der Waals surface area contributed by atoms with E-state index in [1.165, 1.54) is 40.7 Å². The Balaban J connectivity index is 1.55. The van der Waals surface area contributed by atoms with Crippen molar-refractivity contribution in [3.63, 3.8) is 0 Å². The van der Waals surface area contributed by atoms with Crippen molar-refractivity contribution in [2.45, 2.75) is 29.1 Å². The summed E-state index contributed by atoms with van der Waals surface area (Å²) in [6.07, 6.45) is 2.65. The van der Waals surface area contributed by atoms with Crippen molar-refractivity contribution >= 4 is 25.7 Å². The average Bonchev–Trinajstić information content (AvgIpc) is 2.80. The Morgan fingerprint density at radius 1 is 0.844 bits per heavy atom. The Bertz CT molecular complexity index is 1360. The molecule has 0 bridgehead atoms. The first-order chi connectivity index (χ1) is 15.3. The molecule has 0 radical (unpaired) electrons. The minimum Gasteiger partial charge on any atom is -0.280 e. The van der Waals surface area contributed by atoms with Gasteiger partial charge in [-0.05, 0) is 55.3 Å². The molecule has 4 rings (SSSR count). The zero-order chi connectivity index (χ0) is 22.8. The number of sulfonamides is 2. The minimum absolute atomic E-state index is 0.0531. The molecule has 1 fully saturated rings. The molecule has 1 saturated heterocycles. The van der Waals surface area contributed by atoms with Gasteiger partial charge >= 0.3 is 0 Å². The van der Waals surface area contributed by atoms with E-state index < -0.39 is 20.0 Å². The maximum Gasteiger partial charge on any atom is 0.264 e. The van der Waals surface area contributed by atoms with Gasteiger partial charge < -0.3 is 0 Å². The van der Waals surface area contributed by atoms with E-state index in [0.717, 1.165) is 19.3 Å². The monoisotopic (exact) mass is 474 g/mol. The number of aromatic amines is 1. The van der Waals surface area contributed by atoms with Crippen LogP contribution in [0.3, 0.4) is 0 Å². The lowest BCUT2D eigenvalue weighted by Gasteiger charge is -2.25. The Labute approximate surface area is 186 Å². The fourth-order valence-electron chi connectivity index (χ4n) is 3.51. The van der Waals surface area contributed by atoms with Crippen molar-refractivity contribution in [3.8, 4) is 11.3 Å². The lowest BCUT2D eigenvalue weighted by Crippen LogP contribution is -2.35. The van der Waals surface area contributed by atoms with Crippen molar-refractivity contribution in [2.75, 3.05) is 17.8 Å². The fourth-order valence-corrected chi connectivity index (χ4v) is 6.07. The summed E-state index contributed by atoms with van der Waals surface area (Å²) in [6, 6.07) is 14.6. The number of nitrogens with zero attached hydrogens (tertiary/aromatic N) is 2. The second-order valence-corrected chi connectivity index (χ2v) is 11.0. The lowest BCUT2D eigenvalue weighted by molar-refractivity contribution is 0.346. The third kappa shape index (κ3) is 4.74. The first-order valence-corrected chi connectivity index (χ1v) is 13.0. The highest BCUT2D eigenvalue weighted by Gasteiger charge is 2.26. The van der Waals surface area contributed by atoms with E-state index in [-0.39, 0.29) is 15.4 Å². The Morgan fingerprint density at radius 3 is 2.19 bits per heavy atom. The third-order valence-electron chi connectivity index (χ3n) is 5.18. The molecular formula is C21H22N4O5S2. The molecule has 0 spiro atoms. The number of nitrogens with one attached hydrogen (secondary N) is 2. The molecule has 2 N–H and O–H groups in total. The number of H-pyrrole nitrogens is 1. The first kappa shape index (κ1) is 22.2. The number of piperidine rings is 1. The molecule has 2 aromatic carbocycles. The Morgan fingerprint density at radius 2 is 1.53 bits per heavy atom. The SMILES string of the molecule is O=c1ccc(-c2cccc(NS(=O)(=O)c3ccc(S(=O)(=O)N4CCCCC4)cc3)c2)n[nH]1. The molecule has 1 aliphatic rings. The second-order valence-electron chi connectivity index (χ2n) is 7.43. The quantitative estimate of drug-likeness (QED) is 0.564. The van der Waals surface area contributed by atoms with E-state index in [2.05, 4.69) is 14.9 Å². The van der Waals surface area contributed by atoms with E-state index in [4.69, 9.17) is 0 Å². The number of benzene rings is 2. The molecule has 9 nitrogen and oxygen atoms in total. The van der Waals surface area contributed by atoms with Gasteiger partial charge in [-0.25, -0.2) is 21.9 Å². The van der Waals surface area contributed by atoms with Crippen LogP contribution in [0, 0.1) is 0 Å². The second kappa shape index (κ2) is 8.85. The predicted molar refractivity (Wildman–Crippen MR) is 120 cm³/mol. The third-order valence-corrected chi connectivity index (χ3v) is 8.49. The Kier molecular flexibility index (Phi) is 6.13. The molecule has 0 saturated carbocycles. The predicted octanol–water partition coefficient (Wildman–Crippen LogP) is 2.41. The number of hydrogen-bond acceptors (Lipinski definition) is 6. The highest BCUT2D eigenvalue weighted by atomic mass is 32.2. The van der Waals surface area contributed by atoms with Gasteiger partial charge in [0.25, 0.3) is 15.6 Å². The van der Waals surface area contributed by atoms with E-state index in [9.17, 15) is 21.6 Å². The maximum atomic E-state index is 12.8. The highest BCUT2D eigenvalue weighted by Crippen LogP contribution is 2.25. The summed E-state index contributed by atoms with van der Waals surface area (Å²) in [5, 5.41) is 6.28. The summed E-state index contributed by atoms with van der Waals surface area (Å²) in [4.78, 5) is 11.2. The number of hydrogen-bond donors (Lipinski definition) is 2. The fraction of sp³-hybridized carbons (Fsp3) is 0.238. The van der Waals surface area contributed by atoms with Crippen LogP contribution in [0.25, 0.3) is 11.3 Å². The number of rotatable bonds is 6. The van der Waals surface area contributed by atoms with Gasteiger partial charge in [-0.1, -0.05) is 18.6 Å². The molecule has 1 aliphatic heterocycles. The number of anilines is 1. The van der Waals surface area contributed by atoms with Gasteiger partial charge in [-0.2, -0.15) is 9.40 Å². The van der Waals surface area contributed by atoms with Crippen molar-refractivity contribution in [1.29, 1.82) is 0 Å². The summed E-state index contributed by atoms with van der Waals surface area (Å²) in [5.74, 6) is 0. The molecule has 0 amide bonds. The Hall–Kier alpha value is -3.02. The summed E-state index contributed by atoms with van der Waals surface area (Å²) >= 11 is 0. The maximum absolute atomic E-state index is 12.8. The minimum atomic E-state index is -3.94. The topological polar surface area (TPSA) is 129 Å². The molecular weight excluding hydrogens is 452 g/mol. The molecule has 0 unspecified atom stereocenters. The summed E-state index contributed by atoms with van der Waals surface area (Å²) in [6.45, 7) is 0.953. The highest BCUT2D eigenvalue weighted by molar-refractivity contribution is 7.92. The van der Waals surface area contributed by atoms with Crippen LogP contribution in [0.15, 0.2) is 75.2 Å². The zero-order valence-corrected chi connectivity index (χ0v) is 18.7. The molecule has 0 aliphatic carbocycles. The summed E-state index contributed by atoms with van der Waals surface area (Å²) in [7, 11) is -7.58. The van der Waals surface area contributed by atoms with Crippen LogP contribution in [0.1, 0.15) is 19.3 Å². The van der Waals surface area contributed by atoms with Gasteiger partial charge in [-0.3, -0.25) is 9.52 Å². The smallest absolute Gasteiger partial charge is 0.264 e. The van der Waals surface area contributed by atoms with E-state index in [0.29, 0.717) is 30.0 Å². The van der Waals surface area contributed by atoms with Crippen molar-refractivity contribution in [1.82, 2.24) is 14.5 Å². The normalized spacial score (nSPS) is 15.4. The van der Waals surface area contributed by atoms with Crippen LogP contribution >= 0.6 is 0 Å². The van der Waals surface area contributed by atoms with Gasteiger partial charge in [0.05, 0.1) is 15.5 Å². The van der Waals surface area contributed by atoms with Crippen molar-refractivity contribution in [2.24, 2.45) is 0 Å². The standard InChI is InChI=1S/C21H22N4O5S2/c26-21-12-11-20(22-23-21)16-5-4-6-17(15-16)24-31(27,28)18-7-9-19(10-8-18)32(29,30)25-13-2-1-3-14-25/h4-12,15,24H,1-3,13-14H2,(H,23,26). The summed E-state index contributed by atoms with van der Waals surface area (Å²) < 4.78 is 55.1. The van der Waals surface area contributed by atoms with Gasteiger partial charge in [-0.15, -0.1) is 0 Å². The van der Waals surface area contributed by atoms with Crippen LogP contribution in [-0.4, -0.2) is 44.4 Å². The van der Waals surface area contributed by atoms with Gasteiger partial charge in [0.2, 0.25) is 10.0 Å². The van der Waals surface area contributed by atoms with Crippen molar-refractivity contribution < 1.29 is 16.8 Å². The molecule has 168 valence electrons. The summed E-state index contributed by atoms with van der Waals surface area (Å²) in [5.41, 5.74) is 1.07. The lowest BCUT2D eigenvalue weighted by atomic mass is 10.1. The average molecular weight is 475 g/mol. The van der Waals surface area contributed by atoms with Gasteiger partial charge in [0.1, 0.15) is 0 Å². The zero-order valence-electron chi connectivity index (χ0n) is 17.1. The van der Waals surface area contributed by atoms with E-state index >= 15 is 0 Å². The largest absolute Gasteiger partial charge is 0.280 e. The van der Waals surface area contributed by atoms with E-state index in [1.807, 2.05) is 0 Å².